The van der Waals surface area contributed by atoms with Crippen molar-refractivity contribution in [2.45, 2.75) is 69.9 Å². The average molecular weight is 329 g/mol. The molecular weight excluding hydrogens is 306 g/mol. The van der Waals surface area contributed by atoms with Crippen LogP contribution in [0, 0.1) is 0 Å². The van der Waals surface area contributed by atoms with E-state index in [2.05, 4.69) is 25.0 Å². The molecule has 0 bridgehead atoms. The molecule has 1 aliphatic heterocycles. The minimum Gasteiger partial charge on any atom is -0.353 e. The molecule has 1 atom stereocenters. The van der Waals surface area contributed by atoms with E-state index >= 15 is 0 Å². The van der Waals surface area contributed by atoms with Crippen LogP contribution in [-0.2, 0) is 24.2 Å². The predicted molar refractivity (Wildman–Crippen MR) is 86.3 cm³/mol. The van der Waals surface area contributed by atoms with Crippen LogP contribution in [0.15, 0.2) is 17.0 Å². The van der Waals surface area contributed by atoms with E-state index in [4.69, 9.17) is 4.52 Å². The van der Waals surface area contributed by atoms with E-state index in [0.29, 0.717) is 17.8 Å². The zero-order valence-corrected chi connectivity index (χ0v) is 13.8. The van der Waals surface area contributed by atoms with Gasteiger partial charge in [-0.3, -0.25) is 4.79 Å². The molecular formula is C17H23N5O2. The van der Waals surface area contributed by atoms with E-state index < -0.39 is 0 Å². The Kier molecular flexibility index (Phi) is 4.32. The number of amides is 1. The van der Waals surface area contributed by atoms with E-state index in [-0.39, 0.29) is 18.2 Å². The van der Waals surface area contributed by atoms with Gasteiger partial charge in [0.25, 0.3) is 0 Å². The summed E-state index contributed by atoms with van der Waals surface area (Å²) in [5.41, 5.74) is 1.20. The Labute approximate surface area is 140 Å². The van der Waals surface area contributed by atoms with Crippen LogP contribution in [-0.4, -0.2) is 31.6 Å². The summed E-state index contributed by atoms with van der Waals surface area (Å²) in [6, 6.07) is 0.316. The fourth-order valence-electron chi connectivity index (χ4n) is 3.75. The summed E-state index contributed by atoms with van der Waals surface area (Å²) in [5, 5.41) is 7.09. The Bertz CT molecular complexity index is 701. The molecule has 7 nitrogen and oxygen atoms in total. The molecule has 24 heavy (non-hydrogen) atoms. The molecule has 2 aromatic heterocycles. The first-order chi connectivity index (χ1) is 11.8. The lowest BCUT2D eigenvalue weighted by atomic mass is 9.95. The van der Waals surface area contributed by atoms with Crippen molar-refractivity contribution in [3.05, 3.63) is 29.9 Å². The van der Waals surface area contributed by atoms with Gasteiger partial charge in [-0.2, -0.15) is 4.98 Å². The number of imidazole rings is 1. The molecule has 1 fully saturated rings. The van der Waals surface area contributed by atoms with Gasteiger partial charge >= 0.3 is 0 Å². The smallest absolute Gasteiger partial charge is 0.230 e. The van der Waals surface area contributed by atoms with E-state index in [1.807, 2.05) is 12.5 Å². The van der Waals surface area contributed by atoms with Crippen molar-refractivity contribution >= 4 is 5.91 Å². The van der Waals surface area contributed by atoms with Gasteiger partial charge in [0, 0.05) is 36.8 Å². The SMILES string of the molecule is O=C(Cc1noc(C2CCn3cncc3C2)n1)NC1CCCCC1. The van der Waals surface area contributed by atoms with Gasteiger partial charge in [0.2, 0.25) is 11.8 Å². The maximum Gasteiger partial charge on any atom is 0.230 e. The Morgan fingerprint density at radius 2 is 2.17 bits per heavy atom. The van der Waals surface area contributed by atoms with Gasteiger partial charge in [0.1, 0.15) is 0 Å². The first-order valence-electron chi connectivity index (χ1n) is 8.89. The van der Waals surface area contributed by atoms with E-state index in [1.165, 1.54) is 25.0 Å². The number of hydrogen-bond donors (Lipinski definition) is 1. The van der Waals surface area contributed by atoms with Gasteiger partial charge in [-0.25, -0.2) is 4.98 Å². The maximum atomic E-state index is 12.2. The topological polar surface area (TPSA) is 85.8 Å². The van der Waals surface area contributed by atoms with Crippen molar-refractivity contribution in [1.29, 1.82) is 0 Å². The molecule has 2 aliphatic rings. The summed E-state index contributed by atoms with van der Waals surface area (Å²) in [7, 11) is 0. The lowest BCUT2D eigenvalue weighted by molar-refractivity contribution is -0.121. The standard InChI is InChI=1S/C17H23N5O2/c23-16(19-13-4-2-1-3-5-13)9-15-20-17(24-21-15)12-6-7-22-11-18-10-14(22)8-12/h10-13H,1-9H2,(H,19,23). The van der Waals surface area contributed by atoms with Crippen molar-refractivity contribution in [2.24, 2.45) is 0 Å². The third kappa shape index (κ3) is 3.34. The quantitative estimate of drug-likeness (QED) is 0.927. The zero-order chi connectivity index (χ0) is 16.4. The Balaban J connectivity index is 1.34. The van der Waals surface area contributed by atoms with Gasteiger partial charge in [0.05, 0.1) is 12.7 Å². The van der Waals surface area contributed by atoms with E-state index in [0.717, 1.165) is 32.2 Å². The second-order valence-electron chi connectivity index (χ2n) is 6.90. The molecule has 2 aromatic rings. The van der Waals surface area contributed by atoms with E-state index in [1.54, 1.807) is 0 Å². The third-order valence-corrected chi connectivity index (χ3v) is 5.09. The number of nitrogens with one attached hydrogen (secondary N) is 1. The molecule has 0 saturated heterocycles. The monoisotopic (exact) mass is 329 g/mol. The van der Waals surface area contributed by atoms with Crippen LogP contribution >= 0.6 is 0 Å². The van der Waals surface area contributed by atoms with Crippen LogP contribution in [0.1, 0.15) is 61.9 Å². The molecule has 0 radical (unpaired) electrons. The van der Waals surface area contributed by atoms with Crippen molar-refractivity contribution in [3.63, 3.8) is 0 Å². The molecule has 1 saturated carbocycles. The molecule has 0 spiro atoms. The minimum atomic E-state index is -0.00373. The number of aryl methyl sites for hydroxylation is 1. The molecule has 0 aromatic carbocycles. The highest BCUT2D eigenvalue weighted by molar-refractivity contribution is 5.78. The Hall–Kier alpha value is -2.18. The maximum absolute atomic E-state index is 12.2. The van der Waals surface area contributed by atoms with Crippen LogP contribution in [0.25, 0.3) is 0 Å². The fraction of sp³-hybridized carbons (Fsp3) is 0.647. The summed E-state index contributed by atoms with van der Waals surface area (Å²) in [6.07, 6.45) is 11.6. The average Bonchev–Trinajstić information content (AvgIpc) is 3.24. The molecule has 4 rings (SSSR count). The number of aromatic nitrogens is 4. The highest BCUT2D eigenvalue weighted by Gasteiger charge is 2.25. The molecule has 3 heterocycles. The van der Waals surface area contributed by atoms with Crippen molar-refractivity contribution in [3.8, 4) is 0 Å². The summed E-state index contributed by atoms with van der Waals surface area (Å²) >= 11 is 0. The van der Waals surface area contributed by atoms with Gasteiger partial charge in [-0.1, -0.05) is 24.4 Å². The number of nitrogens with zero attached hydrogens (tertiary/aromatic N) is 4. The Morgan fingerprint density at radius 1 is 1.29 bits per heavy atom. The third-order valence-electron chi connectivity index (χ3n) is 5.09. The van der Waals surface area contributed by atoms with Crippen molar-refractivity contribution in [2.75, 3.05) is 0 Å². The largest absolute Gasteiger partial charge is 0.353 e. The Morgan fingerprint density at radius 3 is 3.04 bits per heavy atom. The van der Waals surface area contributed by atoms with Gasteiger partial charge in [0.15, 0.2) is 5.82 Å². The number of rotatable bonds is 4. The van der Waals surface area contributed by atoms with Crippen LogP contribution in [0.3, 0.4) is 0 Å². The van der Waals surface area contributed by atoms with Crippen LogP contribution in [0.5, 0.6) is 0 Å². The lowest BCUT2D eigenvalue weighted by Gasteiger charge is -2.22. The minimum absolute atomic E-state index is 0.00373. The van der Waals surface area contributed by atoms with Crippen LogP contribution < -0.4 is 5.32 Å². The fourth-order valence-corrected chi connectivity index (χ4v) is 3.75. The molecule has 1 amide bonds. The summed E-state index contributed by atoms with van der Waals surface area (Å²) in [6.45, 7) is 0.917. The van der Waals surface area contributed by atoms with Gasteiger partial charge in [-0.05, 0) is 19.3 Å². The summed E-state index contributed by atoms with van der Waals surface area (Å²) in [5.74, 6) is 1.34. The highest BCUT2D eigenvalue weighted by Crippen LogP contribution is 2.28. The van der Waals surface area contributed by atoms with E-state index in [9.17, 15) is 4.79 Å². The molecule has 128 valence electrons. The lowest BCUT2D eigenvalue weighted by Crippen LogP contribution is -2.37. The number of carbonyl (C=O) groups is 1. The first kappa shape index (κ1) is 15.4. The second kappa shape index (κ2) is 6.75. The van der Waals surface area contributed by atoms with Gasteiger partial charge < -0.3 is 14.4 Å². The van der Waals surface area contributed by atoms with Crippen molar-refractivity contribution in [1.82, 2.24) is 25.0 Å². The normalized spacial score (nSPS) is 21.4. The molecule has 1 aliphatic carbocycles. The van der Waals surface area contributed by atoms with Crippen LogP contribution in [0.4, 0.5) is 0 Å². The summed E-state index contributed by atoms with van der Waals surface area (Å²) in [4.78, 5) is 20.8. The van der Waals surface area contributed by atoms with Crippen LogP contribution in [0.2, 0.25) is 0 Å². The molecule has 1 N–H and O–H groups in total. The first-order valence-corrected chi connectivity index (χ1v) is 8.89. The van der Waals surface area contributed by atoms with Crippen molar-refractivity contribution < 1.29 is 9.32 Å². The second-order valence-corrected chi connectivity index (χ2v) is 6.90. The number of hydrogen-bond acceptors (Lipinski definition) is 5. The highest BCUT2D eigenvalue weighted by atomic mass is 16.5. The van der Waals surface area contributed by atoms with Gasteiger partial charge in [-0.15, -0.1) is 0 Å². The molecule has 1 unspecified atom stereocenters. The number of carbonyl (C=O) groups excluding carboxylic acids is 1. The number of fused-ring (bicyclic) bond motifs is 1. The zero-order valence-electron chi connectivity index (χ0n) is 13.8. The summed E-state index contributed by atoms with van der Waals surface area (Å²) < 4.78 is 7.57. The predicted octanol–water partition coefficient (Wildman–Crippen LogP) is 1.99. The molecule has 7 heteroatoms.